The molecule has 0 radical (unpaired) electrons. The summed E-state index contributed by atoms with van der Waals surface area (Å²) in [6, 6.07) is -2.34. The van der Waals surface area contributed by atoms with E-state index in [1.807, 2.05) is 0 Å². The molecule has 0 aromatic heterocycles. The van der Waals surface area contributed by atoms with Gasteiger partial charge in [-0.1, -0.05) is 0 Å². The molecule has 0 heterocycles. The standard InChI is InChI=1S/2C5H9NO4.Fe/c2*6-3(5(9)10)1-2-4(7)8;/h2*3H,1-2,6H2,(H,7,8)(H,9,10);/q;;+2/p-2/t2*3-;/m00./s1. The maximum atomic E-state index is 9.88. The van der Waals surface area contributed by atoms with Crippen molar-refractivity contribution in [3.8, 4) is 0 Å². The molecule has 0 aromatic carbocycles. The van der Waals surface area contributed by atoms with Gasteiger partial charge in [-0.15, -0.1) is 0 Å². The van der Waals surface area contributed by atoms with Crippen LogP contribution < -0.4 is 21.7 Å². The maximum absolute atomic E-state index is 9.88. The Morgan fingerprint density at radius 1 is 0.810 bits per heavy atom. The average molecular weight is 348 g/mol. The molecule has 6 N–H and O–H groups in total. The molecule has 10 nitrogen and oxygen atoms in total. The molecule has 21 heavy (non-hydrogen) atoms. The monoisotopic (exact) mass is 348 g/mol. The minimum absolute atomic E-state index is 0. The van der Waals surface area contributed by atoms with Gasteiger partial charge in [-0.05, 0) is 12.8 Å². The van der Waals surface area contributed by atoms with Crippen molar-refractivity contribution in [2.75, 3.05) is 0 Å². The SMILES string of the molecule is N[C@@H](CCC(=O)O)C(=O)[O-].N[C@@H](CCC(=O)O)C(=O)[O-].[Fe+2]. The molecule has 0 aliphatic carbocycles. The van der Waals surface area contributed by atoms with Crippen LogP contribution in [0.2, 0.25) is 0 Å². The van der Waals surface area contributed by atoms with Gasteiger partial charge in [-0.3, -0.25) is 9.59 Å². The Hall–Kier alpha value is -1.68. The number of nitrogens with two attached hydrogens (primary N) is 2. The predicted octanol–water partition coefficient (Wildman–Crippen LogP) is -4.15. The maximum Gasteiger partial charge on any atom is 2.00 e. The number of hydrogen-bond acceptors (Lipinski definition) is 8. The normalized spacial score (nSPS) is 11.9. The van der Waals surface area contributed by atoms with Gasteiger partial charge in [0.1, 0.15) is 0 Å². The summed E-state index contributed by atoms with van der Waals surface area (Å²) in [4.78, 5) is 39.5. The summed E-state index contributed by atoms with van der Waals surface area (Å²) in [7, 11) is 0. The fraction of sp³-hybridized carbons (Fsp3) is 0.600. The van der Waals surface area contributed by atoms with Crippen molar-refractivity contribution in [1.82, 2.24) is 0 Å². The van der Waals surface area contributed by atoms with Crippen LogP contribution in [0.15, 0.2) is 0 Å². The molecule has 0 bridgehead atoms. The van der Waals surface area contributed by atoms with Gasteiger partial charge in [0.2, 0.25) is 0 Å². The van der Waals surface area contributed by atoms with Crippen molar-refractivity contribution < 1.29 is 56.7 Å². The summed E-state index contributed by atoms with van der Waals surface area (Å²) in [6.07, 6.45) is -0.653. The van der Waals surface area contributed by atoms with Crippen molar-refractivity contribution in [2.45, 2.75) is 37.8 Å². The van der Waals surface area contributed by atoms with Gasteiger partial charge in [-0.25, -0.2) is 0 Å². The topological polar surface area (TPSA) is 207 Å². The van der Waals surface area contributed by atoms with Gasteiger partial charge in [-0.2, -0.15) is 0 Å². The van der Waals surface area contributed by atoms with Crippen molar-refractivity contribution in [1.29, 1.82) is 0 Å². The minimum atomic E-state index is -1.42. The summed E-state index contributed by atoms with van der Waals surface area (Å²) >= 11 is 0. The van der Waals surface area contributed by atoms with E-state index in [0.717, 1.165) is 0 Å². The minimum Gasteiger partial charge on any atom is -0.548 e. The number of carboxylic acid groups (broad SMARTS) is 4. The molecule has 0 saturated heterocycles. The summed E-state index contributed by atoms with van der Waals surface area (Å²) < 4.78 is 0. The summed E-state index contributed by atoms with van der Waals surface area (Å²) in [5.41, 5.74) is 9.88. The fourth-order valence-corrected chi connectivity index (χ4v) is 0.794. The van der Waals surface area contributed by atoms with Crippen molar-refractivity contribution in [3.63, 3.8) is 0 Å². The first-order valence-corrected chi connectivity index (χ1v) is 5.44. The van der Waals surface area contributed by atoms with Gasteiger partial charge in [0.05, 0.1) is 11.9 Å². The summed E-state index contributed by atoms with van der Waals surface area (Å²) in [6.45, 7) is 0. The molecular formula is C10H16FeN2O8. The molecular weight excluding hydrogens is 332 g/mol. The van der Waals surface area contributed by atoms with Crippen LogP contribution in [-0.2, 0) is 36.2 Å². The van der Waals surface area contributed by atoms with E-state index >= 15 is 0 Å². The Kier molecular flexibility index (Phi) is 15.4. The van der Waals surface area contributed by atoms with E-state index in [0.29, 0.717) is 0 Å². The Morgan fingerprint density at radius 3 is 1.19 bits per heavy atom. The van der Waals surface area contributed by atoms with Crippen LogP contribution in [-0.4, -0.2) is 46.2 Å². The van der Waals surface area contributed by atoms with Crippen LogP contribution in [0.4, 0.5) is 0 Å². The Bertz CT molecular complexity index is 329. The first kappa shape index (κ1) is 24.3. The predicted molar refractivity (Wildman–Crippen MR) is 59.7 cm³/mol. The van der Waals surface area contributed by atoms with E-state index in [1.165, 1.54) is 0 Å². The second-order valence-corrected chi connectivity index (χ2v) is 3.72. The van der Waals surface area contributed by atoms with E-state index < -0.39 is 36.0 Å². The van der Waals surface area contributed by atoms with Gasteiger partial charge in [0, 0.05) is 24.9 Å². The molecule has 2 atom stereocenters. The molecule has 0 aliphatic rings. The second kappa shape index (κ2) is 13.3. The third kappa shape index (κ3) is 18.3. The number of carbonyl (C=O) groups excluding carboxylic acids is 2. The summed E-state index contributed by atoms with van der Waals surface area (Å²) in [5, 5.41) is 35.9. The largest absolute Gasteiger partial charge is 2.00 e. The zero-order chi connectivity index (χ0) is 16.3. The molecule has 0 saturated carbocycles. The molecule has 0 rings (SSSR count). The van der Waals surface area contributed by atoms with E-state index in [4.69, 9.17) is 21.7 Å². The molecule has 11 heteroatoms. The second-order valence-electron chi connectivity index (χ2n) is 3.72. The van der Waals surface area contributed by atoms with Crippen molar-refractivity contribution in [3.05, 3.63) is 0 Å². The number of rotatable bonds is 8. The molecule has 0 spiro atoms. The Morgan fingerprint density at radius 2 is 1.05 bits per heavy atom. The van der Waals surface area contributed by atoms with Gasteiger partial charge >= 0.3 is 29.0 Å². The zero-order valence-electron chi connectivity index (χ0n) is 10.8. The van der Waals surface area contributed by atoms with Crippen LogP contribution in [0.1, 0.15) is 25.7 Å². The van der Waals surface area contributed by atoms with Gasteiger partial charge in [0.25, 0.3) is 0 Å². The molecule has 0 fully saturated rings. The third-order valence-corrected chi connectivity index (χ3v) is 1.94. The fourth-order valence-electron chi connectivity index (χ4n) is 0.794. The summed E-state index contributed by atoms with van der Waals surface area (Å²) in [5.74, 6) is -4.95. The van der Waals surface area contributed by atoms with Crippen LogP contribution >= 0.6 is 0 Å². The first-order chi connectivity index (χ1) is 9.07. The molecule has 0 aromatic rings. The van der Waals surface area contributed by atoms with E-state index in [9.17, 15) is 29.4 Å². The van der Waals surface area contributed by atoms with E-state index in [2.05, 4.69) is 0 Å². The number of carboxylic acids is 4. The van der Waals surface area contributed by atoms with Crippen LogP contribution in [0.25, 0.3) is 0 Å². The van der Waals surface area contributed by atoms with Crippen LogP contribution in [0.5, 0.6) is 0 Å². The zero-order valence-corrected chi connectivity index (χ0v) is 11.9. The van der Waals surface area contributed by atoms with Gasteiger partial charge < -0.3 is 41.5 Å². The third-order valence-electron chi connectivity index (χ3n) is 1.94. The molecule has 122 valence electrons. The molecule has 0 aliphatic heterocycles. The van der Waals surface area contributed by atoms with E-state index in [-0.39, 0.29) is 42.8 Å². The van der Waals surface area contributed by atoms with Gasteiger partial charge in [0.15, 0.2) is 0 Å². The quantitative estimate of drug-likeness (QED) is 0.311. The Labute approximate surface area is 130 Å². The Balaban J connectivity index is -0.000000295. The molecule has 0 amide bonds. The van der Waals surface area contributed by atoms with Crippen LogP contribution in [0.3, 0.4) is 0 Å². The van der Waals surface area contributed by atoms with Crippen LogP contribution in [0, 0.1) is 0 Å². The average Bonchev–Trinajstić information content (AvgIpc) is 2.33. The number of hydrogen-bond donors (Lipinski definition) is 4. The van der Waals surface area contributed by atoms with Crippen molar-refractivity contribution >= 4 is 23.9 Å². The smallest absolute Gasteiger partial charge is 0.548 e. The molecule has 0 unspecified atom stereocenters. The first-order valence-electron chi connectivity index (χ1n) is 5.44. The van der Waals surface area contributed by atoms with E-state index in [1.54, 1.807) is 0 Å². The number of aliphatic carboxylic acids is 4. The van der Waals surface area contributed by atoms with Crippen molar-refractivity contribution in [2.24, 2.45) is 11.5 Å². The number of carbonyl (C=O) groups is 4.